The first-order chi connectivity index (χ1) is 17.0. The summed E-state index contributed by atoms with van der Waals surface area (Å²) >= 11 is 0. The van der Waals surface area contributed by atoms with Gasteiger partial charge < -0.3 is 20.7 Å². The lowest BCUT2D eigenvalue weighted by Crippen LogP contribution is -2.58. The van der Waals surface area contributed by atoms with E-state index in [4.69, 9.17) is 4.74 Å². The zero-order chi connectivity index (χ0) is 28.5. The quantitative estimate of drug-likeness (QED) is 0.234. The van der Waals surface area contributed by atoms with Gasteiger partial charge in [0.25, 0.3) is 0 Å². The molecule has 0 spiro atoms. The molecule has 0 saturated heterocycles. The van der Waals surface area contributed by atoms with Gasteiger partial charge in [-0.25, -0.2) is 0 Å². The largest absolute Gasteiger partial charge is 0.380 e. The minimum Gasteiger partial charge on any atom is -0.380 e. The van der Waals surface area contributed by atoms with Crippen LogP contribution in [0.2, 0.25) is 0 Å². The lowest BCUT2D eigenvalue weighted by atomic mass is 9.78. The third-order valence-corrected chi connectivity index (χ3v) is 6.89. The van der Waals surface area contributed by atoms with Crippen molar-refractivity contribution in [2.75, 3.05) is 54.0 Å². The van der Waals surface area contributed by atoms with Crippen LogP contribution in [-0.2, 0) is 27.4 Å². The molecule has 0 fully saturated rings. The molecule has 0 radical (unpaired) electrons. The number of rotatable bonds is 19. The number of carbonyl (C=O) groups is 2. The highest BCUT2D eigenvalue weighted by molar-refractivity contribution is 5.94. The smallest absolute Gasteiger partial charge is 0.166 e. The summed E-state index contributed by atoms with van der Waals surface area (Å²) in [6, 6.07) is 0. The van der Waals surface area contributed by atoms with Crippen LogP contribution < -0.4 is 16.0 Å². The van der Waals surface area contributed by atoms with Gasteiger partial charge in [-0.15, -0.1) is 5.10 Å². The highest BCUT2D eigenvalue weighted by Crippen LogP contribution is 2.29. The van der Waals surface area contributed by atoms with Crippen molar-refractivity contribution in [2.45, 2.75) is 86.0 Å². The van der Waals surface area contributed by atoms with E-state index in [9.17, 15) is 9.59 Å². The molecule has 214 valence electrons. The Balaban J connectivity index is 2.61. The molecule has 0 aliphatic carbocycles. The van der Waals surface area contributed by atoms with E-state index in [-0.39, 0.29) is 23.5 Å². The van der Waals surface area contributed by atoms with Crippen molar-refractivity contribution >= 4 is 11.6 Å². The average Bonchev–Trinajstić information content (AvgIpc) is 3.23. The maximum absolute atomic E-state index is 13.6. The van der Waals surface area contributed by atoms with Gasteiger partial charge in [-0.05, 0) is 61.8 Å². The van der Waals surface area contributed by atoms with Crippen LogP contribution in [0.3, 0.4) is 0 Å². The van der Waals surface area contributed by atoms with Crippen LogP contribution in [0.4, 0.5) is 0 Å². The van der Waals surface area contributed by atoms with Gasteiger partial charge in [0, 0.05) is 36.7 Å². The van der Waals surface area contributed by atoms with Crippen LogP contribution in [0.25, 0.3) is 0 Å². The van der Waals surface area contributed by atoms with Crippen LogP contribution in [0.1, 0.15) is 67.5 Å². The van der Waals surface area contributed by atoms with E-state index in [1.165, 1.54) is 0 Å². The zero-order valence-corrected chi connectivity index (χ0v) is 25.2. The van der Waals surface area contributed by atoms with E-state index in [1.807, 2.05) is 78.5 Å². The van der Waals surface area contributed by atoms with Gasteiger partial charge >= 0.3 is 0 Å². The van der Waals surface area contributed by atoms with Crippen molar-refractivity contribution in [1.82, 2.24) is 35.8 Å². The minimum absolute atomic E-state index is 0.0179. The number of hydrogen-bond donors (Lipinski definition) is 3. The van der Waals surface area contributed by atoms with E-state index in [2.05, 4.69) is 40.1 Å². The number of carbonyl (C=O) groups excluding carboxylic acids is 2. The van der Waals surface area contributed by atoms with Crippen LogP contribution >= 0.6 is 0 Å². The summed E-state index contributed by atoms with van der Waals surface area (Å²) in [6.07, 6.45) is 2.74. The standard InChI is InChI=1S/C27H53N7O3/c1-24(2,18-29-10)19-37-20-25(3,4)23(36)27(7,8)33(11)17-22(35)26(5,6)30-13-12-14-34-16-21(15-28-9)31-32-34/h16,28-30H,12-15,17-20H2,1-11H3. The third-order valence-electron chi connectivity index (χ3n) is 6.89. The number of aryl methyl sites for hydroxylation is 1. The Kier molecular flexibility index (Phi) is 12.5. The SMILES string of the molecule is CNCc1cn(CCCNC(C)(C)C(=O)CN(C)C(C)(C)C(=O)C(C)(C)COCC(C)(C)CNC)nn1. The fourth-order valence-corrected chi connectivity index (χ4v) is 4.24. The number of ether oxygens (including phenoxy) is 1. The molecule has 3 N–H and O–H groups in total. The topological polar surface area (TPSA) is 113 Å². The second kappa shape index (κ2) is 13.9. The number of nitrogens with zero attached hydrogens (tertiary/aromatic N) is 4. The maximum Gasteiger partial charge on any atom is 0.166 e. The summed E-state index contributed by atoms with van der Waals surface area (Å²) in [5, 5.41) is 17.8. The van der Waals surface area contributed by atoms with E-state index >= 15 is 0 Å². The normalized spacial score (nSPS) is 13.4. The van der Waals surface area contributed by atoms with Crippen molar-refractivity contribution in [1.29, 1.82) is 0 Å². The molecule has 1 rings (SSSR count). The molecule has 0 aromatic carbocycles. The van der Waals surface area contributed by atoms with Gasteiger partial charge in [0.15, 0.2) is 11.6 Å². The molecule has 0 aliphatic heterocycles. The summed E-state index contributed by atoms with van der Waals surface area (Å²) in [6.45, 7) is 19.6. The van der Waals surface area contributed by atoms with E-state index in [0.29, 0.717) is 26.3 Å². The predicted molar refractivity (Wildman–Crippen MR) is 149 cm³/mol. The van der Waals surface area contributed by atoms with Gasteiger partial charge in [-0.3, -0.25) is 19.2 Å². The number of hydrogen-bond acceptors (Lipinski definition) is 9. The van der Waals surface area contributed by atoms with Crippen molar-refractivity contribution in [3.05, 3.63) is 11.9 Å². The molecule has 0 aliphatic rings. The van der Waals surface area contributed by atoms with Gasteiger partial charge in [0.2, 0.25) is 0 Å². The molecular formula is C27H53N7O3. The van der Waals surface area contributed by atoms with Crippen molar-refractivity contribution in [2.24, 2.45) is 10.8 Å². The highest BCUT2D eigenvalue weighted by atomic mass is 16.5. The van der Waals surface area contributed by atoms with E-state index in [0.717, 1.165) is 25.2 Å². The molecule has 0 bridgehead atoms. The van der Waals surface area contributed by atoms with Gasteiger partial charge in [0.1, 0.15) is 0 Å². The van der Waals surface area contributed by atoms with Gasteiger partial charge in [-0.2, -0.15) is 0 Å². The maximum atomic E-state index is 13.6. The first kappa shape index (κ1) is 33.3. The number of likely N-dealkylation sites (N-methyl/N-ethyl adjacent to an activating group) is 1. The Morgan fingerprint density at radius 1 is 1.03 bits per heavy atom. The number of Topliss-reactive ketones (excluding diaryl/α,β-unsaturated/α-hetero) is 2. The van der Waals surface area contributed by atoms with Gasteiger partial charge in [-0.1, -0.05) is 32.9 Å². The summed E-state index contributed by atoms with van der Waals surface area (Å²) in [7, 11) is 5.64. The number of aromatic nitrogens is 3. The van der Waals surface area contributed by atoms with Crippen LogP contribution in [0.5, 0.6) is 0 Å². The third kappa shape index (κ3) is 10.5. The highest BCUT2D eigenvalue weighted by Gasteiger charge is 2.43. The fourth-order valence-electron chi connectivity index (χ4n) is 4.24. The molecule has 0 amide bonds. The molecule has 37 heavy (non-hydrogen) atoms. The van der Waals surface area contributed by atoms with Crippen molar-refractivity contribution in [3.63, 3.8) is 0 Å². The number of nitrogens with one attached hydrogen (secondary N) is 3. The van der Waals surface area contributed by atoms with E-state index in [1.54, 1.807) is 0 Å². The fraction of sp³-hybridized carbons (Fsp3) is 0.852. The Morgan fingerprint density at radius 3 is 2.27 bits per heavy atom. The number of ketones is 2. The van der Waals surface area contributed by atoms with E-state index < -0.39 is 16.5 Å². The zero-order valence-electron chi connectivity index (χ0n) is 25.2. The van der Waals surface area contributed by atoms with Crippen LogP contribution in [-0.4, -0.2) is 96.5 Å². The van der Waals surface area contributed by atoms with Crippen molar-refractivity contribution in [3.8, 4) is 0 Å². The monoisotopic (exact) mass is 523 g/mol. The predicted octanol–water partition coefficient (Wildman–Crippen LogP) is 1.89. The molecule has 1 aromatic rings. The van der Waals surface area contributed by atoms with Crippen LogP contribution in [0.15, 0.2) is 6.20 Å². The molecular weight excluding hydrogens is 470 g/mol. The molecule has 10 nitrogen and oxygen atoms in total. The Hall–Kier alpha value is -1.72. The molecule has 0 saturated carbocycles. The average molecular weight is 524 g/mol. The summed E-state index contributed by atoms with van der Waals surface area (Å²) < 4.78 is 7.80. The van der Waals surface area contributed by atoms with Crippen molar-refractivity contribution < 1.29 is 14.3 Å². The first-order valence-corrected chi connectivity index (χ1v) is 13.3. The molecule has 1 heterocycles. The summed E-state index contributed by atoms with van der Waals surface area (Å²) in [4.78, 5) is 28.6. The van der Waals surface area contributed by atoms with Gasteiger partial charge in [0.05, 0.1) is 36.5 Å². The minimum atomic E-state index is -0.822. The Labute approximate surface area is 224 Å². The Bertz CT molecular complexity index is 862. The lowest BCUT2D eigenvalue weighted by molar-refractivity contribution is -0.142. The summed E-state index contributed by atoms with van der Waals surface area (Å²) in [5.41, 5.74) is -1.34. The second-order valence-electron chi connectivity index (χ2n) is 12.6. The first-order valence-electron chi connectivity index (χ1n) is 13.3. The molecule has 10 heteroatoms. The summed E-state index contributed by atoms with van der Waals surface area (Å²) in [5.74, 6) is 0.0915. The Morgan fingerprint density at radius 2 is 1.68 bits per heavy atom. The molecule has 0 unspecified atom stereocenters. The second-order valence-corrected chi connectivity index (χ2v) is 12.6. The molecule has 1 aromatic heterocycles. The van der Waals surface area contributed by atoms with Crippen LogP contribution in [0, 0.1) is 10.8 Å². The molecule has 0 atom stereocenters. The lowest BCUT2D eigenvalue weighted by Gasteiger charge is -2.40.